The van der Waals surface area contributed by atoms with Gasteiger partial charge in [0.05, 0.1) is 5.69 Å². The smallest absolute Gasteiger partial charge is 0.219 e. The van der Waals surface area contributed by atoms with Crippen molar-refractivity contribution in [2.75, 3.05) is 0 Å². The largest absolute Gasteiger partial charge is 0.438 e. The van der Waals surface area contributed by atoms with Crippen molar-refractivity contribution in [1.82, 2.24) is 9.97 Å². The van der Waals surface area contributed by atoms with Crippen LogP contribution >= 0.6 is 0 Å². The summed E-state index contributed by atoms with van der Waals surface area (Å²) >= 11 is 0. The summed E-state index contributed by atoms with van der Waals surface area (Å²) in [6.45, 7) is 0. The van der Waals surface area contributed by atoms with Gasteiger partial charge < -0.3 is 4.74 Å². The normalized spacial score (nSPS) is 10.1. The molecule has 0 N–H and O–H groups in total. The molecule has 2 aromatic heterocycles. The molecule has 0 bridgehead atoms. The summed E-state index contributed by atoms with van der Waals surface area (Å²) in [7, 11) is 0. The average Bonchev–Trinajstić information content (AvgIpc) is 2.50. The molecule has 0 saturated carbocycles. The van der Waals surface area contributed by atoms with Gasteiger partial charge in [-0.25, -0.2) is 4.98 Å². The van der Waals surface area contributed by atoms with E-state index in [9.17, 15) is 0 Å². The molecule has 1 aromatic carbocycles. The van der Waals surface area contributed by atoms with Crippen LogP contribution in [0.15, 0.2) is 73.1 Å². The van der Waals surface area contributed by atoms with Gasteiger partial charge in [0, 0.05) is 24.0 Å². The highest BCUT2D eigenvalue weighted by Gasteiger charge is 2.07. The fraction of sp³-hybridized carbons (Fsp3) is 0. The minimum Gasteiger partial charge on any atom is -0.438 e. The van der Waals surface area contributed by atoms with E-state index in [1.54, 1.807) is 12.4 Å². The monoisotopic (exact) mass is 248 g/mol. The van der Waals surface area contributed by atoms with Crippen LogP contribution in [0.5, 0.6) is 11.6 Å². The molecule has 0 unspecified atom stereocenters. The lowest BCUT2D eigenvalue weighted by Crippen LogP contribution is -1.91. The molecule has 3 nitrogen and oxygen atoms in total. The molecule has 92 valence electrons. The molecule has 0 saturated heterocycles. The first-order valence-electron chi connectivity index (χ1n) is 6.03. The van der Waals surface area contributed by atoms with Crippen LogP contribution in [0, 0.1) is 0 Å². The summed E-state index contributed by atoms with van der Waals surface area (Å²) in [6.07, 6.45) is 3.48. The van der Waals surface area contributed by atoms with E-state index in [1.165, 1.54) is 0 Å². The van der Waals surface area contributed by atoms with Gasteiger partial charge in [0.1, 0.15) is 5.75 Å². The highest BCUT2D eigenvalue weighted by atomic mass is 16.5. The molecule has 3 heteroatoms. The molecule has 19 heavy (non-hydrogen) atoms. The zero-order valence-corrected chi connectivity index (χ0v) is 10.2. The Morgan fingerprint density at radius 2 is 1.42 bits per heavy atom. The number of para-hydroxylation sites is 1. The molecule has 0 spiro atoms. The maximum atomic E-state index is 5.81. The average molecular weight is 248 g/mol. The Labute approximate surface area is 111 Å². The molecule has 0 amide bonds. The fourth-order valence-corrected chi connectivity index (χ4v) is 1.81. The van der Waals surface area contributed by atoms with Crippen molar-refractivity contribution in [2.24, 2.45) is 0 Å². The van der Waals surface area contributed by atoms with Crippen molar-refractivity contribution in [1.29, 1.82) is 0 Å². The second-order valence-corrected chi connectivity index (χ2v) is 3.98. The summed E-state index contributed by atoms with van der Waals surface area (Å²) in [5, 5.41) is 0. The van der Waals surface area contributed by atoms with Crippen molar-refractivity contribution < 1.29 is 4.74 Å². The van der Waals surface area contributed by atoms with Crippen LogP contribution in [0.3, 0.4) is 0 Å². The number of rotatable bonds is 3. The van der Waals surface area contributed by atoms with Gasteiger partial charge in [0.15, 0.2) is 0 Å². The zero-order valence-electron chi connectivity index (χ0n) is 10.2. The van der Waals surface area contributed by atoms with E-state index in [0.717, 1.165) is 17.0 Å². The van der Waals surface area contributed by atoms with E-state index in [1.807, 2.05) is 60.7 Å². The van der Waals surface area contributed by atoms with Gasteiger partial charge in [-0.1, -0.05) is 24.3 Å². The molecule has 3 aromatic rings. The maximum absolute atomic E-state index is 5.81. The first kappa shape index (κ1) is 11.4. The fourth-order valence-electron chi connectivity index (χ4n) is 1.81. The Morgan fingerprint density at radius 3 is 2.16 bits per heavy atom. The highest BCUT2D eigenvalue weighted by Crippen LogP contribution is 2.30. The van der Waals surface area contributed by atoms with E-state index in [4.69, 9.17) is 4.74 Å². The predicted molar refractivity (Wildman–Crippen MR) is 74.0 cm³/mol. The van der Waals surface area contributed by atoms with Crippen molar-refractivity contribution in [3.05, 3.63) is 73.1 Å². The lowest BCUT2D eigenvalue weighted by Gasteiger charge is -2.09. The van der Waals surface area contributed by atoms with Crippen LogP contribution < -0.4 is 4.74 Å². The number of aromatic nitrogens is 2. The summed E-state index contributed by atoms with van der Waals surface area (Å²) in [5.74, 6) is 1.32. The Kier molecular flexibility index (Phi) is 3.19. The first-order valence-corrected chi connectivity index (χ1v) is 6.03. The molecule has 0 fully saturated rings. The first-order chi connectivity index (χ1) is 9.43. The van der Waals surface area contributed by atoms with E-state index >= 15 is 0 Å². The number of pyridine rings is 2. The van der Waals surface area contributed by atoms with E-state index in [2.05, 4.69) is 9.97 Å². The molecule has 0 aliphatic heterocycles. The predicted octanol–water partition coefficient (Wildman–Crippen LogP) is 3.94. The molecule has 0 atom stereocenters. The second-order valence-electron chi connectivity index (χ2n) is 3.98. The molecule has 0 aliphatic rings. The number of nitrogens with zero attached hydrogens (tertiary/aromatic N) is 2. The van der Waals surface area contributed by atoms with Gasteiger partial charge in [0.2, 0.25) is 5.88 Å². The highest BCUT2D eigenvalue weighted by molar-refractivity contribution is 5.67. The topological polar surface area (TPSA) is 35.0 Å². The SMILES string of the molecule is c1ccc(Oc2ccccc2-c2ccccn2)nc1. The van der Waals surface area contributed by atoms with Gasteiger partial charge in [-0.15, -0.1) is 0 Å². The Morgan fingerprint density at radius 1 is 0.684 bits per heavy atom. The van der Waals surface area contributed by atoms with Gasteiger partial charge >= 0.3 is 0 Å². The molecule has 0 aliphatic carbocycles. The summed E-state index contributed by atoms with van der Waals surface area (Å²) in [5.41, 5.74) is 1.84. The van der Waals surface area contributed by atoms with Gasteiger partial charge in [-0.2, -0.15) is 0 Å². The number of benzene rings is 1. The third-order valence-corrected chi connectivity index (χ3v) is 2.68. The Balaban J connectivity index is 1.99. The lowest BCUT2D eigenvalue weighted by molar-refractivity contribution is 0.464. The molecular weight excluding hydrogens is 236 g/mol. The van der Waals surface area contributed by atoms with Crippen molar-refractivity contribution in [2.45, 2.75) is 0 Å². The van der Waals surface area contributed by atoms with Crippen LogP contribution in [0.25, 0.3) is 11.3 Å². The minimum atomic E-state index is 0.575. The van der Waals surface area contributed by atoms with Crippen LogP contribution in [0.2, 0.25) is 0 Å². The van der Waals surface area contributed by atoms with Crippen molar-refractivity contribution in [3.63, 3.8) is 0 Å². The van der Waals surface area contributed by atoms with Gasteiger partial charge in [0.25, 0.3) is 0 Å². The summed E-state index contributed by atoms with van der Waals surface area (Å²) in [6, 6.07) is 19.2. The Bertz CT molecular complexity index is 654. The minimum absolute atomic E-state index is 0.575. The van der Waals surface area contributed by atoms with Crippen molar-refractivity contribution in [3.8, 4) is 22.9 Å². The van der Waals surface area contributed by atoms with Crippen LogP contribution in [-0.2, 0) is 0 Å². The second kappa shape index (κ2) is 5.31. The maximum Gasteiger partial charge on any atom is 0.219 e. The van der Waals surface area contributed by atoms with Crippen LogP contribution in [-0.4, -0.2) is 9.97 Å². The van der Waals surface area contributed by atoms with E-state index in [0.29, 0.717) is 5.88 Å². The number of hydrogen-bond donors (Lipinski definition) is 0. The van der Waals surface area contributed by atoms with E-state index in [-0.39, 0.29) is 0 Å². The summed E-state index contributed by atoms with van der Waals surface area (Å²) < 4.78 is 5.81. The molecular formula is C16H12N2O. The molecule has 3 rings (SSSR count). The standard InChI is InChI=1S/C16H12N2O/c1-2-9-15(19-16-10-4-6-12-18-16)13(7-1)14-8-3-5-11-17-14/h1-12H. The zero-order chi connectivity index (χ0) is 12.9. The molecule has 0 radical (unpaired) electrons. The third-order valence-electron chi connectivity index (χ3n) is 2.68. The van der Waals surface area contributed by atoms with Crippen molar-refractivity contribution >= 4 is 0 Å². The number of ether oxygens (including phenoxy) is 1. The summed E-state index contributed by atoms with van der Waals surface area (Å²) in [4.78, 5) is 8.52. The third kappa shape index (κ3) is 2.60. The van der Waals surface area contributed by atoms with E-state index < -0.39 is 0 Å². The molecule has 2 heterocycles. The quantitative estimate of drug-likeness (QED) is 0.704. The van der Waals surface area contributed by atoms with Crippen LogP contribution in [0.4, 0.5) is 0 Å². The lowest BCUT2D eigenvalue weighted by atomic mass is 10.1. The van der Waals surface area contributed by atoms with Gasteiger partial charge in [-0.3, -0.25) is 4.98 Å². The van der Waals surface area contributed by atoms with Gasteiger partial charge in [-0.05, 0) is 30.3 Å². The number of hydrogen-bond acceptors (Lipinski definition) is 3. The van der Waals surface area contributed by atoms with Crippen LogP contribution in [0.1, 0.15) is 0 Å². The Hall–Kier alpha value is -2.68.